The fraction of sp³-hybridized carbons (Fsp3) is 0.188. The summed E-state index contributed by atoms with van der Waals surface area (Å²) in [5.41, 5.74) is 4.61. The molecule has 0 bridgehead atoms. The lowest BCUT2D eigenvalue weighted by atomic mass is 10.2. The van der Waals surface area contributed by atoms with Crippen LogP contribution in [0.25, 0.3) is 22.1 Å². The van der Waals surface area contributed by atoms with Crippen LogP contribution in [0.4, 0.5) is 0 Å². The van der Waals surface area contributed by atoms with Gasteiger partial charge in [-0.3, -0.25) is 4.68 Å². The van der Waals surface area contributed by atoms with Crippen LogP contribution < -0.4 is 0 Å². The van der Waals surface area contributed by atoms with Gasteiger partial charge < -0.3 is 0 Å². The summed E-state index contributed by atoms with van der Waals surface area (Å²) in [6.45, 7) is 2.00. The molecule has 3 aromatic heterocycles. The van der Waals surface area contributed by atoms with E-state index in [1.165, 1.54) is 0 Å². The van der Waals surface area contributed by atoms with Gasteiger partial charge in [-0.25, -0.2) is 19.9 Å². The summed E-state index contributed by atoms with van der Waals surface area (Å²) in [6.07, 6.45) is 3.38. The normalized spacial score (nSPS) is 11.4. The second-order valence-electron chi connectivity index (χ2n) is 5.22. The van der Waals surface area contributed by atoms with E-state index in [9.17, 15) is 0 Å². The number of hydrogen-bond donors (Lipinski definition) is 0. The Morgan fingerprint density at radius 1 is 1.09 bits per heavy atom. The van der Waals surface area contributed by atoms with Crippen molar-refractivity contribution in [2.45, 2.75) is 17.7 Å². The molecule has 7 heteroatoms. The lowest BCUT2D eigenvalue weighted by Crippen LogP contribution is -1.97. The highest BCUT2D eigenvalue weighted by molar-refractivity contribution is 7.98. The molecule has 4 rings (SSSR count). The van der Waals surface area contributed by atoms with Gasteiger partial charge in [-0.1, -0.05) is 23.9 Å². The number of hydrogen-bond acceptors (Lipinski definition) is 6. The molecule has 6 nitrogen and oxygen atoms in total. The molecule has 0 radical (unpaired) electrons. The fourth-order valence-corrected chi connectivity index (χ4v) is 3.42. The van der Waals surface area contributed by atoms with Crippen LogP contribution in [-0.4, -0.2) is 29.7 Å². The molecule has 23 heavy (non-hydrogen) atoms. The summed E-state index contributed by atoms with van der Waals surface area (Å²) >= 11 is 1.63. The molecule has 0 atom stereocenters. The quantitative estimate of drug-likeness (QED) is 0.427. The van der Waals surface area contributed by atoms with Crippen LogP contribution in [0.15, 0.2) is 41.8 Å². The van der Waals surface area contributed by atoms with Crippen molar-refractivity contribution < 1.29 is 0 Å². The average molecular weight is 322 g/mol. The maximum absolute atomic E-state index is 4.73. The lowest BCUT2D eigenvalue weighted by molar-refractivity contribution is 0.784. The zero-order chi connectivity index (χ0) is 15.8. The van der Waals surface area contributed by atoms with Crippen molar-refractivity contribution in [1.29, 1.82) is 0 Å². The molecule has 0 fully saturated rings. The fourth-order valence-electron chi connectivity index (χ4n) is 2.45. The number of aromatic nitrogens is 6. The molecule has 0 aliphatic carbocycles. The van der Waals surface area contributed by atoms with Crippen molar-refractivity contribution in [3.8, 4) is 0 Å². The highest BCUT2D eigenvalue weighted by Gasteiger charge is 2.11. The highest BCUT2D eigenvalue weighted by atomic mass is 32.2. The molecular weight excluding hydrogens is 308 g/mol. The summed E-state index contributed by atoms with van der Waals surface area (Å²) in [7, 11) is 1.88. The standard InChI is InChI=1S/C16H14N6S/c1-10-14(21-13-6-4-3-5-12(13)20-10)8-23-16-11-7-19-22(2)15(11)17-9-18-16/h3-7,9H,8H2,1-2H3. The van der Waals surface area contributed by atoms with Gasteiger partial charge in [-0.2, -0.15) is 5.10 Å². The molecule has 1 aromatic carbocycles. The minimum absolute atomic E-state index is 0.713. The summed E-state index contributed by atoms with van der Waals surface area (Å²) in [4.78, 5) is 18.0. The van der Waals surface area contributed by atoms with Gasteiger partial charge in [0.1, 0.15) is 11.4 Å². The van der Waals surface area contributed by atoms with E-state index in [1.54, 1.807) is 29.0 Å². The molecule has 114 valence electrons. The summed E-state index contributed by atoms with van der Waals surface area (Å²) in [6, 6.07) is 7.92. The van der Waals surface area contributed by atoms with E-state index in [-0.39, 0.29) is 0 Å². The van der Waals surface area contributed by atoms with Gasteiger partial charge in [0.25, 0.3) is 0 Å². The van der Waals surface area contributed by atoms with E-state index in [1.807, 2.05) is 38.2 Å². The van der Waals surface area contributed by atoms with Crippen LogP contribution in [-0.2, 0) is 12.8 Å². The first-order chi connectivity index (χ1) is 11.2. The molecule has 0 saturated heterocycles. The van der Waals surface area contributed by atoms with Gasteiger partial charge >= 0.3 is 0 Å². The molecule has 0 aliphatic rings. The first-order valence-corrected chi connectivity index (χ1v) is 8.19. The predicted octanol–water partition coefficient (Wildman–Crippen LogP) is 2.91. The number of para-hydroxylation sites is 2. The molecule has 3 heterocycles. The van der Waals surface area contributed by atoms with Crippen LogP contribution in [0.1, 0.15) is 11.4 Å². The van der Waals surface area contributed by atoms with E-state index in [2.05, 4.69) is 20.1 Å². The van der Waals surface area contributed by atoms with E-state index < -0.39 is 0 Å². The smallest absolute Gasteiger partial charge is 0.162 e. The van der Waals surface area contributed by atoms with E-state index in [0.29, 0.717) is 5.75 Å². The van der Waals surface area contributed by atoms with Crippen molar-refractivity contribution >= 4 is 33.8 Å². The first-order valence-electron chi connectivity index (χ1n) is 7.20. The van der Waals surface area contributed by atoms with Crippen molar-refractivity contribution in [2.24, 2.45) is 7.05 Å². The SMILES string of the molecule is Cc1nc2ccccc2nc1CSc1ncnc2c1cnn2C. The van der Waals surface area contributed by atoms with Crippen LogP contribution in [0.3, 0.4) is 0 Å². The van der Waals surface area contributed by atoms with Gasteiger partial charge in [0.05, 0.1) is 34.0 Å². The Hall–Kier alpha value is -2.54. The van der Waals surface area contributed by atoms with Crippen LogP contribution in [0.5, 0.6) is 0 Å². The van der Waals surface area contributed by atoms with Gasteiger partial charge in [0.15, 0.2) is 5.65 Å². The third-order valence-electron chi connectivity index (χ3n) is 3.68. The molecule has 0 saturated carbocycles. The van der Waals surface area contributed by atoms with Crippen molar-refractivity contribution in [3.63, 3.8) is 0 Å². The zero-order valence-electron chi connectivity index (χ0n) is 12.8. The number of rotatable bonds is 3. The Kier molecular flexibility index (Phi) is 3.42. The Morgan fingerprint density at radius 2 is 1.87 bits per heavy atom. The van der Waals surface area contributed by atoms with Crippen LogP contribution >= 0.6 is 11.8 Å². The van der Waals surface area contributed by atoms with Crippen LogP contribution in [0, 0.1) is 6.92 Å². The van der Waals surface area contributed by atoms with E-state index in [0.717, 1.165) is 38.5 Å². The Morgan fingerprint density at radius 3 is 2.70 bits per heavy atom. The van der Waals surface area contributed by atoms with Gasteiger partial charge in [-0.15, -0.1) is 0 Å². The molecule has 0 spiro atoms. The van der Waals surface area contributed by atoms with E-state index >= 15 is 0 Å². The largest absolute Gasteiger partial charge is 0.250 e. The maximum Gasteiger partial charge on any atom is 0.162 e. The monoisotopic (exact) mass is 322 g/mol. The second kappa shape index (κ2) is 5.58. The van der Waals surface area contributed by atoms with E-state index in [4.69, 9.17) is 4.98 Å². The molecule has 0 amide bonds. The molecule has 0 N–H and O–H groups in total. The van der Waals surface area contributed by atoms with Gasteiger partial charge in [-0.05, 0) is 19.1 Å². The third-order valence-corrected chi connectivity index (χ3v) is 4.70. The predicted molar refractivity (Wildman–Crippen MR) is 90.1 cm³/mol. The summed E-state index contributed by atoms with van der Waals surface area (Å²) < 4.78 is 1.75. The minimum atomic E-state index is 0.713. The topological polar surface area (TPSA) is 69.4 Å². The number of benzene rings is 1. The van der Waals surface area contributed by atoms with Gasteiger partial charge in [0.2, 0.25) is 0 Å². The van der Waals surface area contributed by atoms with Crippen molar-refractivity contribution in [3.05, 3.63) is 48.2 Å². The van der Waals surface area contributed by atoms with Crippen molar-refractivity contribution in [2.75, 3.05) is 0 Å². The van der Waals surface area contributed by atoms with Crippen LogP contribution in [0.2, 0.25) is 0 Å². The molecule has 4 aromatic rings. The molecule has 0 unspecified atom stereocenters. The summed E-state index contributed by atoms with van der Waals surface area (Å²) in [5.74, 6) is 0.713. The van der Waals surface area contributed by atoms with Gasteiger partial charge in [0, 0.05) is 12.8 Å². The molecule has 0 aliphatic heterocycles. The zero-order valence-corrected chi connectivity index (χ0v) is 13.6. The number of aryl methyl sites for hydroxylation is 2. The maximum atomic E-state index is 4.73. The minimum Gasteiger partial charge on any atom is -0.250 e. The highest BCUT2D eigenvalue weighted by Crippen LogP contribution is 2.27. The summed E-state index contributed by atoms with van der Waals surface area (Å²) in [5, 5.41) is 6.12. The Bertz CT molecular complexity index is 1010. The average Bonchev–Trinajstić information content (AvgIpc) is 2.95. The lowest BCUT2D eigenvalue weighted by Gasteiger charge is -2.06. The Balaban J connectivity index is 1.67. The third kappa shape index (κ3) is 2.53. The Labute approximate surface area is 137 Å². The molecular formula is C16H14N6S. The number of thioether (sulfide) groups is 1. The number of nitrogens with zero attached hydrogens (tertiary/aromatic N) is 6. The number of fused-ring (bicyclic) bond motifs is 2. The first kappa shape index (κ1) is 14.1. The second-order valence-corrected chi connectivity index (χ2v) is 6.18. The van der Waals surface area contributed by atoms with Crippen molar-refractivity contribution in [1.82, 2.24) is 29.7 Å².